The summed E-state index contributed by atoms with van der Waals surface area (Å²) < 4.78 is 8.43. The van der Waals surface area contributed by atoms with Gasteiger partial charge in [0.05, 0.1) is 12.2 Å². The maximum absolute atomic E-state index is 12.8. The van der Waals surface area contributed by atoms with E-state index in [0.717, 1.165) is 39.7 Å². The fourth-order valence-corrected chi connectivity index (χ4v) is 5.37. The first-order chi connectivity index (χ1) is 15.6. The Balaban J connectivity index is 1.41. The monoisotopic (exact) mass is 446 g/mol. The minimum Gasteiger partial charge on any atom is -0.489 e. The molecule has 32 heavy (non-hydrogen) atoms. The first kappa shape index (κ1) is 20.3. The van der Waals surface area contributed by atoms with E-state index in [1.165, 1.54) is 15.8 Å². The van der Waals surface area contributed by atoms with Crippen LogP contribution in [0.2, 0.25) is 0 Å². The van der Waals surface area contributed by atoms with Gasteiger partial charge in [0.2, 0.25) is 0 Å². The summed E-state index contributed by atoms with van der Waals surface area (Å²) in [6.45, 7) is 1.38. The number of aromatic nitrogens is 1. The van der Waals surface area contributed by atoms with Crippen LogP contribution < -0.4 is 10.3 Å². The highest BCUT2D eigenvalue weighted by atomic mass is 32.1. The number of nitrogens with zero attached hydrogens (tertiary/aromatic N) is 2. The second-order valence-electron chi connectivity index (χ2n) is 7.84. The first-order valence-corrected chi connectivity index (χ1v) is 11.3. The molecule has 4 aromatic rings. The van der Waals surface area contributed by atoms with Crippen LogP contribution in [0.15, 0.2) is 71.7 Å². The molecular formula is C25H22N2O4S. The number of hydrogen-bond acceptors (Lipinski definition) is 4. The summed E-state index contributed by atoms with van der Waals surface area (Å²) >= 11 is 1.69. The molecule has 0 saturated carbocycles. The lowest BCUT2D eigenvalue weighted by Crippen LogP contribution is -2.28. The van der Waals surface area contributed by atoms with Gasteiger partial charge in [0, 0.05) is 28.4 Å². The van der Waals surface area contributed by atoms with Crippen LogP contribution in [0.25, 0.3) is 15.8 Å². The number of hydrogen-bond donors (Lipinski definition) is 1. The Hall–Kier alpha value is -3.58. The van der Waals surface area contributed by atoms with E-state index in [-0.39, 0.29) is 5.56 Å². The molecule has 1 aliphatic heterocycles. The number of thiophene rings is 1. The Morgan fingerprint density at radius 2 is 1.94 bits per heavy atom. The molecule has 162 valence electrons. The molecule has 7 heteroatoms. The van der Waals surface area contributed by atoms with Crippen LogP contribution in [0, 0.1) is 0 Å². The van der Waals surface area contributed by atoms with Gasteiger partial charge < -0.3 is 14.7 Å². The van der Waals surface area contributed by atoms with Crippen LogP contribution in [0.5, 0.6) is 5.75 Å². The molecule has 3 heterocycles. The molecule has 0 bridgehead atoms. The lowest BCUT2D eigenvalue weighted by Gasteiger charge is -2.16. The molecule has 0 aliphatic carbocycles. The number of carbonyl (C=O) groups is 1. The minimum atomic E-state index is -0.880. The number of benzene rings is 2. The van der Waals surface area contributed by atoms with Crippen LogP contribution in [-0.4, -0.2) is 27.2 Å². The molecule has 2 aromatic carbocycles. The third kappa shape index (κ3) is 3.99. The van der Waals surface area contributed by atoms with Gasteiger partial charge in [0.25, 0.3) is 5.56 Å². The zero-order chi connectivity index (χ0) is 22.1. The summed E-state index contributed by atoms with van der Waals surface area (Å²) in [6.07, 6.45) is 2.55. The molecule has 6 nitrogen and oxygen atoms in total. The molecule has 1 aliphatic rings. The second-order valence-corrected chi connectivity index (χ2v) is 8.97. The van der Waals surface area contributed by atoms with Crippen molar-refractivity contribution in [3.05, 3.63) is 93.2 Å². The van der Waals surface area contributed by atoms with Gasteiger partial charge in [0.15, 0.2) is 0 Å². The number of ether oxygens (including phenoxy) is 1. The van der Waals surface area contributed by atoms with E-state index in [9.17, 15) is 14.7 Å². The lowest BCUT2D eigenvalue weighted by atomic mass is 10.1. The van der Waals surface area contributed by atoms with Crippen molar-refractivity contribution in [2.24, 2.45) is 0 Å². The Kier molecular flexibility index (Phi) is 5.41. The molecule has 2 aromatic heterocycles. The highest BCUT2D eigenvalue weighted by Crippen LogP contribution is 2.36. The van der Waals surface area contributed by atoms with Crippen LogP contribution in [-0.2, 0) is 19.6 Å². The molecule has 0 spiro atoms. The van der Waals surface area contributed by atoms with E-state index < -0.39 is 6.09 Å². The Labute approximate surface area is 188 Å². The van der Waals surface area contributed by atoms with Crippen LogP contribution in [0.3, 0.4) is 0 Å². The van der Waals surface area contributed by atoms with Gasteiger partial charge >= 0.3 is 6.09 Å². The fourth-order valence-electron chi connectivity index (χ4n) is 4.08. The van der Waals surface area contributed by atoms with E-state index >= 15 is 0 Å². The topological polar surface area (TPSA) is 71.8 Å². The van der Waals surface area contributed by atoms with Gasteiger partial charge in [-0.3, -0.25) is 9.36 Å². The van der Waals surface area contributed by atoms with Gasteiger partial charge in [-0.05, 0) is 47.6 Å². The number of amides is 1. The number of pyridine rings is 1. The molecule has 0 radical (unpaired) electrons. The highest BCUT2D eigenvalue weighted by Gasteiger charge is 2.22. The molecule has 5 rings (SSSR count). The van der Waals surface area contributed by atoms with Crippen LogP contribution in [0.4, 0.5) is 4.79 Å². The predicted molar refractivity (Wildman–Crippen MR) is 125 cm³/mol. The Bertz CT molecular complexity index is 1340. The Morgan fingerprint density at radius 3 is 2.72 bits per heavy atom. The summed E-state index contributed by atoms with van der Waals surface area (Å²) in [5.74, 6) is 0.535. The van der Waals surface area contributed by atoms with E-state index in [4.69, 9.17) is 4.74 Å². The van der Waals surface area contributed by atoms with Crippen LogP contribution >= 0.6 is 11.3 Å². The maximum Gasteiger partial charge on any atom is 0.407 e. The van der Waals surface area contributed by atoms with Crippen molar-refractivity contribution in [1.82, 2.24) is 9.47 Å². The molecule has 0 unspecified atom stereocenters. The largest absolute Gasteiger partial charge is 0.489 e. The van der Waals surface area contributed by atoms with Gasteiger partial charge in [-0.2, -0.15) is 0 Å². The minimum absolute atomic E-state index is 0.162. The molecule has 0 saturated heterocycles. The normalized spacial score (nSPS) is 13.6. The van der Waals surface area contributed by atoms with Crippen molar-refractivity contribution in [3.63, 3.8) is 0 Å². The number of fused-ring (bicyclic) bond motifs is 3. The summed E-state index contributed by atoms with van der Waals surface area (Å²) in [7, 11) is 0. The lowest BCUT2D eigenvalue weighted by molar-refractivity contribution is 0.143. The van der Waals surface area contributed by atoms with Crippen molar-refractivity contribution in [2.45, 2.75) is 26.0 Å². The van der Waals surface area contributed by atoms with Crippen molar-refractivity contribution >= 4 is 27.5 Å². The number of rotatable bonds is 4. The molecule has 1 amide bonds. The third-order valence-corrected chi connectivity index (χ3v) is 6.98. The van der Waals surface area contributed by atoms with Gasteiger partial charge in [0.1, 0.15) is 12.4 Å². The van der Waals surface area contributed by atoms with Gasteiger partial charge in [-0.1, -0.05) is 36.4 Å². The number of aryl methyl sites for hydroxylation is 1. The van der Waals surface area contributed by atoms with E-state index in [1.807, 2.05) is 48.5 Å². The molecule has 0 fully saturated rings. The first-order valence-electron chi connectivity index (χ1n) is 10.5. The summed E-state index contributed by atoms with van der Waals surface area (Å²) in [6, 6.07) is 19.0. The zero-order valence-corrected chi connectivity index (χ0v) is 18.2. The summed E-state index contributed by atoms with van der Waals surface area (Å²) in [5, 5.41) is 10.5. The fraction of sp³-hybridized carbons (Fsp3) is 0.200. The van der Waals surface area contributed by atoms with Crippen molar-refractivity contribution in [1.29, 1.82) is 0 Å². The van der Waals surface area contributed by atoms with Crippen molar-refractivity contribution in [2.75, 3.05) is 6.54 Å². The smallest absolute Gasteiger partial charge is 0.407 e. The molecule has 0 atom stereocenters. The van der Waals surface area contributed by atoms with E-state index in [0.29, 0.717) is 25.4 Å². The summed E-state index contributed by atoms with van der Waals surface area (Å²) in [4.78, 5) is 27.0. The Morgan fingerprint density at radius 1 is 1.09 bits per heavy atom. The molecule has 1 N–H and O–H groups in total. The van der Waals surface area contributed by atoms with E-state index in [1.54, 1.807) is 28.2 Å². The highest BCUT2D eigenvalue weighted by molar-refractivity contribution is 7.19. The average Bonchev–Trinajstić information content (AvgIpc) is 2.99. The predicted octanol–water partition coefficient (Wildman–Crippen LogP) is 5.06. The standard InChI is InChI=1S/C25H22N2O4S/c28-24-14-19(31-16-17-5-2-1-3-6-17)10-12-27(24)18-8-9-20-21-15-26(25(29)30)11-4-7-22(21)32-23(20)13-18/h1-3,5-6,8-10,12-14H,4,7,11,15-16H2,(H,29,30). The average molecular weight is 447 g/mol. The zero-order valence-electron chi connectivity index (χ0n) is 17.4. The second kappa shape index (κ2) is 8.51. The number of carboxylic acid groups (broad SMARTS) is 1. The van der Waals surface area contributed by atoms with Crippen molar-refractivity contribution in [3.8, 4) is 11.4 Å². The van der Waals surface area contributed by atoms with Crippen molar-refractivity contribution < 1.29 is 14.6 Å². The van der Waals surface area contributed by atoms with Gasteiger partial charge in [-0.25, -0.2) is 4.79 Å². The van der Waals surface area contributed by atoms with Crippen LogP contribution in [0.1, 0.15) is 22.4 Å². The van der Waals surface area contributed by atoms with E-state index in [2.05, 4.69) is 0 Å². The van der Waals surface area contributed by atoms with Gasteiger partial charge in [-0.15, -0.1) is 11.3 Å². The molecular weight excluding hydrogens is 424 g/mol. The third-order valence-electron chi connectivity index (χ3n) is 5.73. The SMILES string of the molecule is O=C(O)N1CCCc2sc3cc(-n4ccc(OCc5ccccc5)cc4=O)ccc3c2C1. The quantitative estimate of drug-likeness (QED) is 0.476. The summed E-state index contributed by atoms with van der Waals surface area (Å²) in [5.41, 5.74) is 2.75. The maximum atomic E-state index is 12.8.